The van der Waals surface area contributed by atoms with Crippen molar-refractivity contribution in [1.82, 2.24) is 4.57 Å². The number of fused-ring (bicyclic) bond motifs is 1. The van der Waals surface area contributed by atoms with Gasteiger partial charge in [0.1, 0.15) is 6.67 Å². The van der Waals surface area contributed by atoms with Crippen LogP contribution >= 0.6 is 0 Å². The van der Waals surface area contributed by atoms with Crippen molar-refractivity contribution in [3.63, 3.8) is 0 Å². The summed E-state index contributed by atoms with van der Waals surface area (Å²) in [5.74, 6) is 0. The lowest BCUT2D eigenvalue weighted by molar-refractivity contribution is 0.445. The standard InChI is InChI=1S/C16H22FN/c1-4-9-16(2,3)14-12-18(11-10-17)15-8-6-5-7-13(14)15/h5-8,12H,4,9-11H2,1-3H3. The maximum absolute atomic E-state index is 12.6. The quantitative estimate of drug-likeness (QED) is 0.722. The van der Waals surface area contributed by atoms with E-state index in [1.807, 2.05) is 10.6 Å². The van der Waals surface area contributed by atoms with Crippen molar-refractivity contribution in [2.24, 2.45) is 0 Å². The molecule has 1 nitrogen and oxygen atoms in total. The predicted molar refractivity (Wildman–Crippen MR) is 75.8 cm³/mol. The highest BCUT2D eigenvalue weighted by Gasteiger charge is 2.24. The van der Waals surface area contributed by atoms with Gasteiger partial charge in [0.25, 0.3) is 0 Å². The van der Waals surface area contributed by atoms with Crippen molar-refractivity contribution in [3.05, 3.63) is 36.0 Å². The average molecular weight is 247 g/mol. The van der Waals surface area contributed by atoms with E-state index in [4.69, 9.17) is 0 Å². The lowest BCUT2D eigenvalue weighted by Crippen LogP contribution is -2.16. The minimum atomic E-state index is -0.313. The summed E-state index contributed by atoms with van der Waals surface area (Å²) in [7, 11) is 0. The van der Waals surface area contributed by atoms with Crippen LogP contribution in [0.2, 0.25) is 0 Å². The Balaban J connectivity index is 2.57. The summed E-state index contributed by atoms with van der Waals surface area (Å²) in [6, 6.07) is 8.31. The molecule has 0 atom stereocenters. The molecule has 0 aliphatic carbocycles. The number of hydrogen-bond donors (Lipinski definition) is 0. The SMILES string of the molecule is CCCC(C)(C)c1cn(CCF)c2ccccc12. The number of nitrogens with zero attached hydrogens (tertiary/aromatic N) is 1. The summed E-state index contributed by atoms with van der Waals surface area (Å²) >= 11 is 0. The molecule has 0 N–H and O–H groups in total. The number of rotatable bonds is 5. The summed E-state index contributed by atoms with van der Waals surface area (Å²) in [5, 5.41) is 1.27. The summed E-state index contributed by atoms with van der Waals surface area (Å²) in [5.41, 5.74) is 2.64. The van der Waals surface area contributed by atoms with Gasteiger partial charge < -0.3 is 4.57 Å². The van der Waals surface area contributed by atoms with E-state index in [-0.39, 0.29) is 12.1 Å². The molecular weight excluding hydrogens is 225 g/mol. The Bertz CT molecular complexity index is 525. The zero-order chi connectivity index (χ0) is 13.2. The zero-order valence-electron chi connectivity index (χ0n) is 11.5. The highest BCUT2D eigenvalue weighted by molar-refractivity contribution is 5.85. The van der Waals surface area contributed by atoms with Crippen molar-refractivity contribution in [2.75, 3.05) is 6.67 Å². The largest absolute Gasteiger partial charge is 0.345 e. The van der Waals surface area contributed by atoms with E-state index in [1.165, 1.54) is 10.9 Å². The summed E-state index contributed by atoms with van der Waals surface area (Å²) < 4.78 is 14.7. The van der Waals surface area contributed by atoms with Crippen molar-refractivity contribution >= 4 is 10.9 Å². The molecule has 98 valence electrons. The third-order valence-electron chi connectivity index (χ3n) is 3.72. The van der Waals surface area contributed by atoms with E-state index < -0.39 is 0 Å². The van der Waals surface area contributed by atoms with Crippen LogP contribution in [0, 0.1) is 0 Å². The van der Waals surface area contributed by atoms with E-state index in [0.717, 1.165) is 18.4 Å². The van der Waals surface area contributed by atoms with Crippen molar-refractivity contribution in [2.45, 2.75) is 45.6 Å². The van der Waals surface area contributed by atoms with Crippen LogP contribution in [0.25, 0.3) is 10.9 Å². The van der Waals surface area contributed by atoms with Crippen molar-refractivity contribution < 1.29 is 4.39 Å². The van der Waals surface area contributed by atoms with E-state index in [9.17, 15) is 4.39 Å². The van der Waals surface area contributed by atoms with Gasteiger partial charge in [-0.2, -0.15) is 0 Å². The summed E-state index contributed by atoms with van der Waals surface area (Å²) in [6.07, 6.45) is 4.45. The van der Waals surface area contributed by atoms with Crippen LogP contribution in [0.5, 0.6) is 0 Å². The molecule has 1 aromatic heterocycles. The average Bonchev–Trinajstić information content (AvgIpc) is 2.70. The fraction of sp³-hybridized carbons (Fsp3) is 0.500. The second kappa shape index (κ2) is 5.13. The fourth-order valence-electron chi connectivity index (χ4n) is 2.82. The van der Waals surface area contributed by atoms with Crippen LogP contribution in [-0.4, -0.2) is 11.2 Å². The lowest BCUT2D eigenvalue weighted by atomic mass is 9.80. The Hall–Kier alpha value is -1.31. The first kappa shape index (κ1) is 13.1. The van der Waals surface area contributed by atoms with Gasteiger partial charge in [-0.05, 0) is 23.5 Å². The van der Waals surface area contributed by atoms with Gasteiger partial charge in [-0.1, -0.05) is 45.4 Å². The summed E-state index contributed by atoms with van der Waals surface area (Å²) in [6.45, 7) is 6.90. The minimum Gasteiger partial charge on any atom is -0.345 e. The van der Waals surface area contributed by atoms with Crippen LogP contribution in [0.1, 0.15) is 39.2 Å². The first-order chi connectivity index (χ1) is 8.60. The molecule has 0 spiro atoms. The third kappa shape index (κ3) is 2.29. The Kier molecular flexibility index (Phi) is 3.74. The molecule has 18 heavy (non-hydrogen) atoms. The van der Waals surface area contributed by atoms with Gasteiger partial charge in [0.2, 0.25) is 0 Å². The Labute approximate surface area is 109 Å². The molecule has 0 aliphatic heterocycles. The molecule has 0 unspecified atom stereocenters. The molecule has 2 heteroatoms. The van der Waals surface area contributed by atoms with E-state index in [2.05, 4.69) is 45.2 Å². The molecular formula is C16H22FN. The topological polar surface area (TPSA) is 4.93 Å². The molecule has 0 fully saturated rings. The van der Waals surface area contributed by atoms with Gasteiger partial charge in [-0.25, -0.2) is 4.39 Å². The van der Waals surface area contributed by atoms with Gasteiger partial charge in [0.15, 0.2) is 0 Å². The molecule has 0 saturated heterocycles. The van der Waals surface area contributed by atoms with E-state index in [0.29, 0.717) is 6.54 Å². The van der Waals surface area contributed by atoms with Gasteiger partial charge in [0.05, 0.1) is 6.54 Å². The number of para-hydroxylation sites is 1. The number of aryl methyl sites for hydroxylation is 1. The van der Waals surface area contributed by atoms with E-state index in [1.54, 1.807) is 0 Å². The molecule has 0 radical (unpaired) electrons. The first-order valence-corrected chi connectivity index (χ1v) is 6.74. The molecule has 0 aliphatic rings. The molecule has 1 aromatic carbocycles. The second-order valence-corrected chi connectivity index (χ2v) is 5.58. The molecule has 0 saturated carbocycles. The fourth-order valence-corrected chi connectivity index (χ4v) is 2.82. The van der Waals surface area contributed by atoms with Gasteiger partial charge in [-0.15, -0.1) is 0 Å². The monoisotopic (exact) mass is 247 g/mol. The summed E-state index contributed by atoms with van der Waals surface area (Å²) in [4.78, 5) is 0. The smallest absolute Gasteiger partial charge is 0.107 e. The highest BCUT2D eigenvalue weighted by Crippen LogP contribution is 2.35. The molecule has 2 aromatic rings. The molecule has 0 amide bonds. The molecule has 2 rings (SSSR count). The van der Waals surface area contributed by atoms with Gasteiger partial charge in [0, 0.05) is 17.1 Å². The number of benzene rings is 1. The van der Waals surface area contributed by atoms with Crippen LogP contribution in [-0.2, 0) is 12.0 Å². The highest BCUT2D eigenvalue weighted by atomic mass is 19.1. The Morgan fingerprint density at radius 1 is 1.22 bits per heavy atom. The van der Waals surface area contributed by atoms with Crippen molar-refractivity contribution in [3.8, 4) is 0 Å². The first-order valence-electron chi connectivity index (χ1n) is 6.74. The number of alkyl halides is 1. The number of hydrogen-bond acceptors (Lipinski definition) is 0. The van der Waals surface area contributed by atoms with Crippen LogP contribution < -0.4 is 0 Å². The lowest BCUT2D eigenvalue weighted by Gasteiger charge is -2.23. The predicted octanol–water partition coefficient (Wildman–Crippen LogP) is 4.69. The maximum atomic E-state index is 12.6. The number of halogens is 1. The zero-order valence-corrected chi connectivity index (χ0v) is 11.5. The van der Waals surface area contributed by atoms with Crippen molar-refractivity contribution in [1.29, 1.82) is 0 Å². The van der Waals surface area contributed by atoms with Gasteiger partial charge >= 0.3 is 0 Å². The maximum Gasteiger partial charge on any atom is 0.107 e. The van der Waals surface area contributed by atoms with Gasteiger partial charge in [-0.3, -0.25) is 0 Å². The van der Waals surface area contributed by atoms with Crippen LogP contribution in [0.4, 0.5) is 4.39 Å². The minimum absolute atomic E-state index is 0.149. The second-order valence-electron chi connectivity index (χ2n) is 5.58. The Morgan fingerprint density at radius 3 is 2.61 bits per heavy atom. The molecule has 0 bridgehead atoms. The normalized spacial score (nSPS) is 12.2. The molecule has 1 heterocycles. The third-order valence-corrected chi connectivity index (χ3v) is 3.72. The Morgan fingerprint density at radius 2 is 1.94 bits per heavy atom. The number of aromatic nitrogens is 1. The van der Waals surface area contributed by atoms with E-state index >= 15 is 0 Å². The van der Waals surface area contributed by atoms with Crippen LogP contribution in [0.3, 0.4) is 0 Å². The van der Waals surface area contributed by atoms with Crippen LogP contribution in [0.15, 0.2) is 30.5 Å².